The zero-order valence-electron chi connectivity index (χ0n) is 17.4. The predicted molar refractivity (Wildman–Crippen MR) is 122 cm³/mol. The third-order valence-electron chi connectivity index (χ3n) is 5.86. The molecule has 0 radical (unpaired) electrons. The first-order valence-electron chi connectivity index (χ1n) is 10.1. The Kier molecular flexibility index (Phi) is 5.08. The number of nitrogens with zero attached hydrogens (tertiary/aromatic N) is 4. The van der Waals surface area contributed by atoms with E-state index in [0.29, 0.717) is 22.4 Å². The van der Waals surface area contributed by atoms with Crippen molar-refractivity contribution in [3.8, 4) is 5.75 Å². The third-order valence-corrected chi connectivity index (χ3v) is 6.16. The zero-order valence-corrected chi connectivity index (χ0v) is 18.1. The van der Waals surface area contributed by atoms with Crippen LogP contribution < -0.4 is 16.2 Å². The molecule has 6 N–H and O–H groups in total. The summed E-state index contributed by atoms with van der Waals surface area (Å²) in [6, 6.07) is 5.30. The summed E-state index contributed by atoms with van der Waals surface area (Å²) >= 11 is 5.94. The van der Waals surface area contributed by atoms with Gasteiger partial charge in [0.05, 0.1) is 22.0 Å². The Labute approximate surface area is 192 Å². The van der Waals surface area contributed by atoms with Crippen LogP contribution in [0.3, 0.4) is 0 Å². The Morgan fingerprint density at radius 3 is 2.73 bits per heavy atom. The van der Waals surface area contributed by atoms with Gasteiger partial charge in [-0.25, -0.2) is 19.3 Å². The third kappa shape index (κ3) is 3.52. The molecule has 3 heterocycles. The maximum Gasteiger partial charge on any atom is 0.146 e. The second-order valence-electron chi connectivity index (χ2n) is 7.90. The molecule has 0 saturated heterocycles. The molecule has 3 aromatic heterocycles. The minimum atomic E-state index is -1.19. The van der Waals surface area contributed by atoms with E-state index in [1.165, 1.54) is 24.5 Å². The Morgan fingerprint density at radius 1 is 1.15 bits per heavy atom. The van der Waals surface area contributed by atoms with Crippen LogP contribution >= 0.6 is 11.6 Å². The van der Waals surface area contributed by atoms with Crippen molar-refractivity contribution >= 4 is 45.2 Å². The average Bonchev–Trinajstić information content (AvgIpc) is 3.32. The van der Waals surface area contributed by atoms with Gasteiger partial charge < -0.3 is 31.0 Å². The van der Waals surface area contributed by atoms with E-state index in [1.54, 1.807) is 29.8 Å². The number of ether oxygens (including phenoxy) is 1. The van der Waals surface area contributed by atoms with Gasteiger partial charge in [-0.15, -0.1) is 0 Å². The molecule has 0 spiro atoms. The lowest BCUT2D eigenvalue weighted by Crippen LogP contribution is -2.32. The van der Waals surface area contributed by atoms with Crippen LogP contribution in [0.2, 0.25) is 5.02 Å². The number of aliphatic hydroxyl groups is 2. The number of aliphatic hydroxyl groups excluding tert-OH is 2. The maximum absolute atomic E-state index is 14.6. The van der Waals surface area contributed by atoms with Gasteiger partial charge in [-0.05, 0) is 24.6 Å². The lowest BCUT2D eigenvalue weighted by atomic mass is 10.1. The molecule has 9 nitrogen and oxygen atoms in total. The summed E-state index contributed by atoms with van der Waals surface area (Å²) in [7, 11) is 0. The van der Waals surface area contributed by atoms with E-state index >= 15 is 0 Å². The van der Waals surface area contributed by atoms with Crippen LogP contribution in [0, 0.1) is 5.82 Å². The minimum Gasteiger partial charge on any atom is -0.486 e. The van der Waals surface area contributed by atoms with Gasteiger partial charge in [0, 0.05) is 23.7 Å². The maximum atomic E-state index is 14.6. The van der Waals surface area contributed by atoms with Gasteiger partial charge >= 0.3 is 0 Å². The van der Waals surface area contributed by atoms with E-state index in [0.717, 1.165) is 0 Å². The molecule has 1 aromatic carbocycles. The molecule has 33 heavy (non-hydrogen) atoms. The lowest BCUT2D eigenvalue weighted by Gasteiger charge is -2.22. The molecule has 1 unspecified atom stereocenters. The van der Waals surface area contributed by atoms with E-state index in [-0.39, 0.29) is 27.5 Å². The first-order valence-corrected chi connectivity index (χ1v) is 10.5. The number of nitrogen functional groups attached to an aromatic ring is 2. The Morgan fingerprint density at radius 2 is 1.94 bits per heavy atom. The standard InChI is InChI=1S/C22H20ClFN6O3/c1-9(33-10-4-15(24)13-6-14(23)21(26)29-16(13)5-10)12-7-17(19(32)18(12)31)30-3-2-11-20(25)27-8-28-22(11)30/h2-9,17-19,31-32H,1H3,(H2,26,29)(H2,25,27,28)/t9?,17-,18-,19+/m1/s1. The molecule has 4 atom stereocenters. The van der Waals surface area contributed by atoms with Crippen molar-refractivity contribution < 1.29 is 19.3 Å². The molecule has 1 aliphatic rings. The molecular formula is C22H20ClFN6O3. The van der Waals surface area contributed by atoms with Crippen molar-refractivity contribution in [3.05, 3.63) is 59.3 Å². The van der Waals surface area contributed by atoms with E-state index in [1.807, 2.05) is 0 Å². The van der Waals surface area contributed by atoms with E-state index in [9.17, 15) is 14.6 Å². The van der Waals surface area contributed by atoms with Crippen LogP contribution in [0.25, 0.3) is 21.9 Å². The monoisotopic (exact) mass is 470 g/mol. The van der Waals surface area contributed by atoms with Crippen LogP contribution in [0.5, 0.6) is 5.75 Å². The smallest absolute Gasteiger partial charge is 0.146 e. The summed E-state index contributed by atoms with van der Waals surface area (Å²) < 4.78 is 22.2. The van der Waals surface area contributed by atoms with Gasteiger partial charge in [-0.3, -0.25) is 0 Å². The molecule has 1 aliphatic carbocycles. The first kappa shape index (κ1) is 21.4. The molecule has 0 bridgehead atoms. The number of aromatic nitrogens is 4. The summed E-state index contributed by atoms with van der Waals surface area (Å²) in [5, 5.41) is 22.5. The zero-order chi connectivity index (χ0) is 23.4. The van der Waals surface area contributed by atoms with Gasteiger partial charge in [0.1, 0.15) is 53.5 Å². The number of anilines is 2. The van der Waals surface area contributed by atoms with Crippen LogP contribution in [0.4, 0.5) is 16.0 Å². The molecule has 0 aliphatic heterocycles. The fourth-order valence-corrected chi connectivity index (χ4v) is 4.32. The topological polar surface area (TPSA) is 145 Å². The van der Waals surface area contributed by atoms with Crippen molar-refractivity contribution in [2.24, 2.45) is 0 Å². The molecule has 0 amide bonds. The van der Waals surface area contributed by atoms with E-state index < -0.39 is 30.2 Å². The number of nitrogens with two attached hydrogens (primary N) is 2. The Hall–Kier alpha value is -3.47. The van der Waals surface area contributed by atoms with Crippen LogP contribution in [-0.4, -0.2) is 48.0 Å². The number of hydrogen-bond acceptors (Lipinski definition) is 8. The predicted octanol–water partition coefficient (Wildman–Crippen LogP) is 2.61. The molecule has 11 heteroatoms. The molecule has 170 valence electrons. The van der Waals surface area contributed by atoms with Gasteiger partial charge in [0.2, 0.25) is 0 Å². The van der Waals surface area contributed by atoms with Gasteiger partial charge in [-0.1, -0.05) is 17.7 Å². The van der Waals surface area contributed by atoms with Gasteiger partial charge in [0.25, 0.3) is 0 Å². The summed E-state index contributed by atoms with van der Waals surface area (Å²) in [4.78, 5) is 12.3. The number of fused-ring (bicyclic) bond motifs is 2. The van der Waals surface area contributed by atoms with Crippen LogP contribution in [-0.2, 0) is 0 Å². The van der Waals surface area contributed by atoms with Crippen LogP contribution in [0.1, 0.15) is 13.0 Å². The second kappa shape index (κ2) is 7.84. The highest BCUT2D eigenvalue weighted by Crippen LogP contribution is 2.36. The Bertz CT molecular complexity index is 1420. The highest BCUT2D eigenvalue weighted by atomic mass is 35.5. The fraction of sp³-hybridized carbons (Fsp3) is 0.227. The number of pyridine rings is 1. The van der Waals surface area contributed by atoms with E-state index in [4.69, 9.17) is 27.8 Å². The minimum absolute atomic E-state index is 0.0806. The number of rotatable bonds is 4. The van der Waals surface area contributed by atoms with E-state index in [2.05, 4.69) is 15.0 Å². The van der Waals surface area contributed by atoms with Crippen molar-refractivity contribution in [3.63, 3.8) is 0 Å². The Balaban J connectivity index is 1.46. The van der Waals surface area contributed by atoms with Crippen LogP contribution in [0.15, 0.2) is 48.4 Å². The molecule has 0 saturated carbocycles. The normalized spacial score (nSPS) is 21.5. The fourth-order valence-electron chi connectivity index (χ4n) is 4.17. The number of halogens is 2. The number of benzene rings is 1. The van der Waals surface area contributed by atoms with Crippen molar-refractivity contribution in [1.82, 2.24) is 19.5 Å². The summed E-state index contributed by atoms with van der Waals surface area (Å²) in [6.07, 6.45) is 1.76. The van der Waals surface area contributed by atoms with Crippen molar-refractivity contribution in [1.29, 1.82) is 0 Å². The molecule has 4 aromatic rings. The SMILES string of the molecule is CC(Oc1cc(F)c2cc(Cl)c(N)nc2c1)C1=C[C@@H](n2ccc3c(N)ncnc32)[C@H](O)[C@@H]1O. The van der Waals surface area contributed by atoms with Crippen molar-refractivity contribution in [2.45, 2.75) is 31.3 Å². The first-order chi connectivity index (χ1) is 15.7. The second-order valence-corrected chi connectivity index (χ2v) is 8.31. The average molecular weight is 471 g/mol. The molecule has 5 rings (SSSR count). The summed E-state index contributed by atoms with van der Waals surface area (Å²) in [5.74, 6) is 0.0253. The quantitative estimate of drug-likeness (QED) is 0.333. The van der Waals surface area contributed by atoms with Gasteiger partial charge in [0.15, 0.2) is 0 Å². The summed E-state index contributed by atoms with van der Waals surface area (Å²) in [5.41, 5.74) is 12.9. The summed E-state index contributed by atoms with van der Waals surface area (Å²) in [6.45, 7) is 1.70. The highest BCUT2D eigenvalue weighted by molar-refractivity contribution is 6.33. The lowest BCUT2D eigenvalue weighted by molar-refractivity contribution is 0.0253. The number of hydrogen-bond donors (Lipinski definition) is 4. The molecule has 0 fully saturated rings. The molecular weight excluding hydrogens is 451 g/mol. The highest BCUT2D eigenvalue weighted by Gasteiger charge is 2.39. The van der Waals surface area contributed by atoms with Gasteiger partial charge in [-0.2, -0.15) is 0 Å². The van der Waals surface area contributed by atoms with Crippen molar-refractivity contribution in [2.75, 3.05) is 11.5 Å². The largest absolute Gasteiger partial charge is 0.486 e.